The molecule has 1 nitrogen and oxygen atoms in total. The van der Waals surface area contributed by atoms with E-state index in [2.05, 4.69) is 68.4 Å². The molecule has 0 saturated carbocycles. The minimum atomic E-state index is 0.287. The molecule has 0 spiro atoms. The zero-order chi connectivity index (χ0) is 14.8. The largest absolute Gasteiger partial charge is 0.306 e. The standard InChI is InChI=1S/C17H19Br2NS/c1-2-20-16(15-10-14(18)17(19)21-15)13-8-7-11-5-3-4-6-12(11)9-13/h7-10,16,20H,2-6H2,1H3. The summed E-state index contributed by atoms with van der Waals surface area (Å²) in [4.78, 5) is 1.35. The van der Waals surface area contributed by atoms with Crippen molar-refractivity contribution < 1.29 is 0 Å². The van der Waals surface area contributed by atoms with Crippen molar-refractivity contribution in [2.45, 2.75) is 38.6 Å². The van der Waals surface area contributed by atoms with Gasteiger partial charge in [-0.25, -0.2) is 0 Å². The maximum atomic E-state index is 3.63. The van der Waals surface area contributed by atoms with Crippen LogP contribution in [0.5, 0.6) is 0 Å². The van der Waals surface area contributed by atoms with E-state index in [4.69, 9.17) is 0 Å². The van der Waals surface area contributed by atoms with Gasteiger partial charge in [-0.05, 0) is 86.8 Å². The maximum Gasteiger partial charge on any atom is 0.0843 e. The lowest BCUT2D eigenvalue weighted by Gasteiger charge is -2.21. The Labute approximate surface area is 147 Å². The highest BCUT2D eigenvalue weighted by Gasteiger charge is 2.19. The SMILES string of the molecule is CCNC(c1ccc2c(c1)CCCC2)c1cc(Br)c(Br)s1. The molecule has 0 aliphatic heterocycles. The average Bonchev–Trinajstić information content (AvgIpc) is 2.83. The van der Waals surface area contributed by atoms with Gasteiger partial charge in [-0.2, -0.15) is 0 Å². The molecule has 0 fully saturated rings. The molecule has 1 aliphatic rings. The minimum absolute atomic E-state index is 0.287. The molecular formula is C17H19Br2NS. The lowest BCUT2D eigenvalue weighted by molar-refractivity contribution is 0.633. The van der Waals surface area contributed by atoms with E-state index < -0.39 is 0 Å². The quantitative estimate of drug-likeness (QED) is 0.643. The van der Waals surface area contributed by atoms with Crippen molar-refractivity contribution in [2.75, 3.05) is 6.54 Å². The fraction of sp³-hybridized carbons (Fsp3) is 0.412. The highest BCUT2D eigenvalue weighted by atomic mass is 79.9. The van der Waals surface area contributed by atoms with Crippen molar-refractivity contribution in [1.29, 1.82) is 0 Å². The highest BCUT2D eigenvalue weighted by molar-refractivity contribution is 9.13. The summed E-state index contributed by atoms with van der Waals surface area (Å²) in [6.07, 6.45) is 5.16. The van der Waals surface area contributed by atoms with Gasteiger partial charge >= 0.3 is 0 Å². The van der Waals surface area contributed by atoms with Crippen LogP contribution in [0.25, 0.3) is 0 Å². The Morgan fingerprint density at radius 2 is 1.90 bits per heavy atom. The Morgan fingerprint density at radius 1 is 1.14 bits per heavy atom. The van der Waals surface area contributed by atoms with E-state index in [1.807, 2.05) is 0 Å². The molecule has 0 amide bonds. The van der Waals surface area contributed by atoms with Gasteiger partial charge in [0.15, 0.2) is 0 Å². The number of fused-ring (bicyclic) bond motifs is 1. The molecule has 1 aromatic heterocycles. The molecule has 1 heterocycles. The molecule has 1 aliphatic carbocycles. The Hall–Kier alpha value is -0.160. The van der Waals surface area contributed by atoms with Crippen molar-refractivity contribution in [2.24, 2.45) is 0 Å². The third-order valence-corrected chi connectivity index (χ3v) is 7.38. The van der Waals surface area contributed by atoms with Crippen LogP contribution in [0.3, 0.4) is 0 Å². The molecule has 112 valence electrons. The summed E-state index contributed by atoms with van der Waals surface area (Å²) in [7, 11) is 0. The normalized spacial score (nSPS) is 15.8. The average molecular weight is 429 g/mol. The van der Waals surface area contributed by atoms with Gasteiger partial charge in [-0.15, -0.1) is 11.3 Å². The van der Waals surface area contributed by atoms with Crippen molar-refractivity contribution in [1.82, 2.24) is 5.32 Å². The number of benzene rings is 1. The summed E-state index contributed by atoms with van der Waals surface area (Å²) in [5, 5.41) is 3.63. The number of hydrogen-bond donors (Lipinski definition) is 1. The van der Waals surface area contributed by atoms with Gasteiger partial charge in [0.1, 0.15) is 0 Å². The summed E-state index contributed by atoms with van der Waals surface area (Å²) in [5.41, 5.74) is 4.49. The molecule has 1 N–H and O–H groups in total. The second-order valence-electron chi connectivity index (χ2n) is 5.50. The molecule has 0 radical (unpaired) electrons. The van der Waals surface area contributed by atoms with Crippen LogP contribution in [0.2, 0.25) is 0 Å². The third kappa shape index (κ3) is 3.44. The molecule has 0 saturated heterocycles. The van der Waals surface area contributed by atoms with Gasteiger partial charge in [0.2, 0.25) is 0 Å². The maximum absolute atomic E-state index is 3.63. The molecule has 1 unspecified atom stereocenters. The van der Waals surface area contributed by atoms with Crippen LogP contribution >= 0.6 is 43.2 Å². The fourth-order valence-electron chi connectivity index (χ4n) is 3.03. The van der Waals surface area contributed by atoms with Crippen LogP contribution in [-0.2, 0) is 12.8 Å². The number of hydrogen-bond acceptors (Lipinski definition) is 2. The number of aryl methyl sites for hydroxylation is 2. The second kappa shape index (κ2) is 6.95. The summed E-state index contributed by atoms with van der Waals surface area (Å²) in [5.74, 6) is 0. The summed E-state index contributed by atoms with van der Waals surface area (Å²) in [6, 6.07) is 9.57. The minimum Gasteiger partial charge on any atom is -0.306 e. The summed E-state index contributed by atoms with van der Waals surface area (Å²) < 4.78 is 2.31. The Bertz CT molecular complexity index is 616. The van der Waals surface area contributed by atoms with Gasteiger partial charge in [0.05, 0.1) is 9.83 Å². The van der Waals surface area contributed by atoms with Crippen LogP contribution in [0.15, 0.2) is 32.5 Å². The first-order chi connectivity index (χ1) is 10.2. The lowest BCUT2D eigenvalue weighted by atomic mass is 9.89. The molecule has 1 atom stereocenters. The van der Waals surface area contributed by atoms with Gasteiger partial charge in [0, 0.05) is 9.35 Å². The highest BCUT2D eigenvalue weighted by Crippen LogP contribution is 2.38. The van der Waals surface area contributed by atoms with E-state index in [9.17, 15) is 0 Å². The van der Waals surface area contributed by atoms with Gasteiger partial charge in [-0.3, -0.25) is 0 Å². The predicted molar refractivity (Wildman–Crippen MR) is 98.3 cm³/mol. The molecular weight excluding hydrogens is 410 g/mol. The lowest BCUT2D eigenvalue weighted by Crippen LogP contribution is -2.21. The van der Waals surface area contributed by atoms with Gasteiger partial charge < -0.3 is 5.32 Å². The Balaban J connectivity index is 1.97. The second-order valence-corrected chi connectivity index (χ2v) is 8.75. The van der Waals surface area contributed by atoms with E-state index in [0.29, 0.717) is 0 Å². The third-order valence-electron chi connectivity index (χ3n) is 4.06. The van der Waals surface area contributed by atoms with Gasteiger partial charge in [-0.1, -0.05) is 25.1 Å². The molecule has 4 heteroatoms. The van der Waals surface area contributed by atoms with Crippen molar-refractivity contribution in [3.63, 3.8) is 0 Å². The number of thiophene rings is 1. The van der Waals surface area contributed by atoms with Crippen molar-refractivity contribution in [3.05, 3.63) is 54.1 Å². The first kappa shape index (κ1) is 15.7. The van der Waals surface area contributed by atoms with Crippen LogP contribution in [0.1, 0.15) is 47.4 Å². The molecule has 21 heavy (non-hydrogen) atoms. The number of halogens is 2. The van der Waals surface area contributed by atoms with E-state index in [-0.39, 0.29) is 6.04 Å². The van der Waals surface area contributed by atoms with Crippen molar-refractivity contribution >= 4 is 43.2 Å². The summed E-state index contributed by atoms with van der Waals surface area (Å²) >= 11 is 9.02. The first-order valence-electron chi connectivity index (χ1n) is 7.49. The zero-order valence-corrected chi connectivity index (χ0v) is 16.1. The van der Waals surface area contributed by atoms with Crippen LogP contribution in [-0.4, -0.2) is 6.54 Å². The van der Waals surface area contributed by atoms with Crippen LogP contribution in [0.4, 0.5) is 0 Å². The smallest absolute Gasteiger partial charge is 0.0843 e. The monoisotopic (exact) mass is 427 g/mol. The zero-order valence-electron chi connectivity index (χ0n) is 12.1. The first-order valence-corrected chi connectivity index (χ1v) is 9.89. The van der Waals surface area contributed by atoms with E-state index in [1.54, 1.807) is 22.5 Å². The van der Waals surface area contributed by atoms with E-state index >= 15 is 0 Å². The number of rotatable bonds is 4. The Morgan fingerprint density at radius 3 is 2.57 bits per heavy atom. The predicted octanol–water partition coefficient (Wildman–Crippen LogP) is 5.85. The molecule has 0 bridgehead atoms. The van der Waals surface area contributed by atoms with Crippen molar-refractivity contribution in [3.8, 4) is 0 Å². The van der Waals surface area contributed by atoms with Crippen LogP contribution in [0, 0.1) is 0 Å². The Kier molecular flexibility index (Phi) is 5.20. The number of nitrogens with one attached hydrogen (secondary N) is 1. The van der Waals surface area contributed by atoms with E-state index in [1.165, 1.54) is 39.9 Å². The molecule has 3 rings (SSSR count). The van der Waals surface area contributed by atoms with Crippen LogP contribution < -0.4 is 5.32 Å². The van der Waals surface area contributed by atoms with E-state index in [0.717, 1.165) is 11.0 Å². The van der Waals surface area contributed by atoms with Gasteiger partial charge in [0.25, 0.3) is 0 Å². The fourth-order valence-corrected chi connectivity index (χ4v) is 5.22. The topological polar surface area (TPSA) is 12.0 Å². The molecule has 2 aromatic rings. The summed E-state index contributed by atoms with van der Waals surface area (Å²) in [6.45, 7) is 3.14. The molecule has 1 aromatic carbocycles.